The second kappa shape index (κ2) is 8.36. The number of carbonyl (C=O) groups is 1. The molecule has 0 aliphatic rings. The molecule has 0 radical (unpaired) electrons. The summed E-state index contributed by atoms with van der Waals surface area (Å²) in [5, 5.41) is 0.196. The molecule has 2 aromatic heterocycles. The summed E-state index contributed by atoms with van der Waals surface area (Å²) in [5.41, 5.74) is 3.43. The second-order valence-electron chi connectivity index (χ2n) is 9.22. The number of halogens is 1. The highest BCUT2D eigenvalue weighted by Crippen LogP contribution is 2.34. The van der Waals surface area contributed by atoms with E-state index in [0.29, 0.717) is 5.56 Å². The molecule has 0 amide bonds. The zero-order valence-electron chi connectivity index (χ0n) is 18.6. The summed E-state index contributed by atoms with van der Waals surface area (Å²) in [7, 11) is -0.737. The zero-order chi connectivity index (χ0) is 22.1. The molecule has 0 atom stereocenters. The first kappa shape index (κ1) is 22.2. The fourth-order valence-corrected chi connectivity index (χ4v) is 4.26. The largest absolute Gasteiger partial charge is 0.462 e. The Labute approximate surface area is 180 Å². The number of benzene rings is 1. The van der Waals surface area contributed by atoms with Crippen molar-refractivity contribution < 1.29 is 18.3 Å². The molecule has 6 heteroatoms. The van der Waals surface area contributed by atoms with Gasteiger partial charge in [0.1, 0.15) is 5.82 Å². The van der Waals surface area contributed by atoms with Gasteiger partial charge in [0.05, 0.1) is 23.3 Å². The van der Waals surface area contributed by atoms with Crippen LogP contribution < -0.4 is 0 Å². The number of esters is 1. The van der Waals surface area contributed by atoms with E-state index in [1.807, 2.05) is 22.7 Å². The van der Waals surface area contributed by atoms with Gasteiger partial charge in [-0.05, 0) is 55.1 Å². The molecule has 0 unspecified atom stereocenters. The van der Waals surface area contributed by atoms with Crippen LogP contribution in [0.2, 0.25) is 5.04 Å². The maximum Gasteiger partial charge on any atom is 0.340 e. The summed E-state index contributed by atoms with van der Waals surface area (Å²) >= 11 is 0. The van der Waals surface area contributed by atoms with E-state index in [1.54, 1.807) is 25.3 Å². The average molecular weight is 428 g/mol. The highest BCUT2D eigenvalue weighted by molar-refractivity contribution is 6.31. The lowest BCUT2D eigenvalue weighted by Crippen LogP contribution is -2.27. The summed E-state index contributed by atoms with van der Waals surface area (Å²) in [6, 6.07) is 10.2. The van der Waals surface area contributed by atoms with Crippen LogP contribution in [0.25, 0.3) is 16.6 Å². The summed E-state index contributed by atoms with van der Waals surface area (Å²) in [6.45, 7) is 12.8. The third-order valence-electron chi connectivity index (χ3n) is 4.96. The fraction of sp³-hybridized carbons (Fsp3) is 0.375. The van der Waals surface area contributed by atoms with Crippen molar-refractivity contribution in [3.63, 3.8) is 0 Å². The average Bonchev–Trinajstić information content (AvgIpc) is 3.06. The monoisotopic (exact) mass is 427 g/mol. The van der Waals surface area contributed by atoms with Crippen LogP contribution in [0.5, 0.6) is 0 Å². The van der Waals surface area contributed by atoms with E-state index in [9.17, 15) is 9.18 Å². The minimum absolute atomic E-state index is 0.196. The van der Waals surface area contributed by atoms with Gasteiger partial charge < -0.3 is 13.6 Å². The maximum absolute atomic E-state index is 13.5. The minimum Gasteiger partial charge on any atom is -0.462 e. The summed E-state index contributed by atoms with van der Waals surface area (Å²) in [5.74, 6) is -0.707. The second-order valence-corrected chi connectivity index (χ2v) is 11.9. The summed E-state index contributed by atoms with van der Waals surface area (Å²) < 4.78 is 27.0. The van der Waals surface area contributed by atoms with Gasteiger partial charge in [-0.1, -0.05) is 39.0 Å². The number of pyridine rings is 1. The Hall–Kier alpha value is -2.44. The van der Waals surface area contributed by atoms with Crippen molar-refractivity contribution in [2.24, 2.45) is 0 Å². The predicted molar refractivity (Wildman–Crippen MR) is 121 cm³/mol. The highest BCUT2D eigenvalue weighted by atomic mass is 28.2. The topological polar surface area (TPSA) is 39.9 Å². The van der Waals surface area contributed by atoms with Gasteiger partial charge in [-0.15, -0.1) is 0 Å². The van der Waals surface area contributed by atoms with E-state index in [2.05, 4.69) is 34.6 Å². The molecule has 3 aromatic rings. The first-order valence-corrected chi connectivity index (χ1v) is 11.5. The number of carbonyl (C=O) groups excluding carboxylic acids is 1. The number of fused-ring (bicyclic) bond motifs is 1. The van der Waals surface area contributed by atoms with Crippen LogP contribution >= 0.6 is 0 Å². The van der Waals surface area contributed by atoms with Gasteiger partial charge in [-0.25, -0.2) is 9.18 Å². The first-order valence-electron chi connectivity index (χ1n) is 10.2. The minimum atomic E-state index is -0.737. The Morgan fingerprint density at radius 3 is 2.30 bits per heavy atom. The zero-order valence-corrected chi connectivity index (χ0v) is 20.0. The van der Waals surface area contributed by atoms with Gasteiger partial charge in [0.25, 0.3) is 0 Å². The third kappa shape index (κ3) is 4.82. The van der Waals surface area contributed by atoms with Crippen molar-refractivity contribution in [2.45, 2.75) is 52.2 Å². The number of hydrogen-bond donors (Lipinski definition) is 0. The van der Waals surface area contributed by atoms with E-state index in [4.69, 9.17) is 9.16 Å². The fourth-order valence-electron chi connectivity index (χ4n) is 3.30. The molecule has 0 spiro atoms. The quantitative estimate of drug-likeness (QED) is 0.386. The molecule has 0 saturated heterocycles. The van der Waals surface area contributed by atoms with Crippen molar-refractivity contribution in [3.05, 3.63) is 65.7 Å². The normalized spacial score (nSPS) is 12.8. The van der Waals surface area contributed by atoms with Crippen LogP contribution in [0, 0.1) is 5.82 Å². The van der Waals surface area contributed by atoms with Crippen LogP contribution in [0.1, 0.15) is 57.5 Å². The van der Waals surface area contributed by atoms with Gasteiger partial charge >= 0.3 is 5.97 Å². The lowest BCUT2D eigenvalue weighted by molar-refractivity contribution is 0.0527. The van der Waals surface area contributed by atoms with Gasteiger partial charge in [0.2, 0.25) is 0 Å². The molecular formula is C24H30FNO3Si. The third-order valence-corrected chi connectivity index (χ3v) is 6.69. The lowest BCUT2D eigenvalue weighted by Gasteiger charge is -2.30. The Kier molecular flexibility index (Phi) is 6.20. The van der Waals surface area contributed by atoms with Crippen LogP contribution in [0.4, 0.5) is 4.39 Å². The van der Waals surface area contributed by atoms with Crippen LogP contribution in [-0.4, -0.2) is 26.7 Å². The number of rotatable bonds is 6. The molecule has 30 heavy (non-hydrogen) atoms. The predicted octanol–water partition coefficient (Wildman–Crippen LogP) is 5.48. The van der Waals surface area contributed by atoms with E-state index < -0.39 is 21.3 Å². The van der Waals surface area contributed by atoms with E-state index in [0.717, 1.165) is 22.2 Å². The van der Waals surface area contributed by atoms with Crippen LogP contribution in [0.15, 0.2) is 48.8 Å². The van der Waals surface area contributed by atoms with Crippen molar-refractivity contribution in [1.29, 1.82) is 0 Å². The summed E-state index contributed by atoms with van der Waals surface area (Å²) in [6.07, 6.45) is 3.79. The Morgan fingerprint density at radius 1 is 1.03 bits per heavy atom. The van der Waals surface area contributed by atoms with Gasteiger partial charge in [0, 0.05) is 18.0 Å². The molecular weight excluding hydrogens is 397 g/mol. The number of ether oxygens (including phenoxy) is 1. The number of hydrogen-bond acceptors (Lipinski definition) is 3. The van der Waals surface area contributed by atoms with E-state index in [-0.39, 0.29) is 17.5 Å². The number of aromatic nitrogens is 1. The van der Waals surface area contributed by atoms with Crippen molar-refractivity contribution in [1.82, 2.24) is 4.40 Å². The molecule has 3 rings (SSSR count). The van der Waals surface area contributed by atoms with Crippen molar-refractivity contribution in [2.75, 3.05) is 6.61 Å². The Morgan fingerprint density at radius 2 is 1.70 bits per heavy atom. The first-order chi connectivity index (χ1) is 14.0. The van der Waals surface area contributed by atoms with E-state index in [1.165, 1.54) is 12.1 Å². The van der Waals surface area contributed by atoms with Gasteiger partial charge in [-0.2, -0.15) is 0 Å². The summed E-state index contributed by atoms with van der Waals surface area (Å²) in [4.78, 5) is 12.6. The molecule has 0 N–H and O–H groups in total. The molecule has 160 valence electrons. The Balaban J connectivity index is 2.10. The van der Waals surface area contributed by atoms with Crippen LogP contribution in [-0.2, 0) is 14.8 Å². The molecule has 0 aliphatic heterocycles. The van der Waals surface area contributed by atoms with Crippen molar-refractivity contribution in [3.8, 4) is 11.1 Å². The van der Waals surface area contributed by atoms with Gasteiger partial charge in [0.15, 0.2) is 9.76 Å². The maximum atomic E-state index is 13.5. The smallest absolute Gasteiger partial charge is 0.340 e. The molecule has 0 saturated carbocycles. The molecule has 0 fully saturated rings. The van der Waals surface area contributed by atoms with Crippen LogP contribution in [0.3, 0.4) is 0 Å². The molecule has 2 heterocycles. The Bertz CT molecular complexity index is 1050. The lowest BCUT2D eigenvalue weighted by atomic mass is 9.99. The number of nitrogens with zero attached hydrogens (tertiary/aromatic N) is 1. The van der Waals surface area contributed by atoms with Gasteiger partial charge in [-0.3, -0.25) is 0 Å². The van der Waals surface area contributed by atoms with Crippen molar-refractivity contribution >= 4 is 21.2 Å². The SMILES string of the molecule is CCOC(=O)c1cn2cc(C(C)(C)O[SiH2]C(C)(C)C)ccc2c1-c1ccc(F)cc1. The molecule has 1 aromatic carbocycles. The molecule has 4 nitrogen and oxygen atoms in total. The molecule has 0 aliphatic carbocycles. The highest BCUT2D eigenvalue weighted by Gasteiger charge is 2.26. The van der Waals surface area contributed by atoms with E-state index >= 15 is 0 Å². The molecule has 0 bridgehead atoms. The standard InChI is InChI=1S/C24H30FNO3Si/c1-7-28-22(27)19-15-26-14-17(24(5,6)29-30-23(2,3)4)10-13-20(26)21(19)16-8-11-18(25)12-9-16/h8-15H,7,30H2,1-6H3.